The lowest BCUT2D eigenvalue weighted by Gasteiger charge is -2.17. The Kier molecular flexibility index (Phi) is 6.81. The highest BCUT2D eigenvalue weighted by Crippen LogP contribution is 2.21. The first kappa shape index (κ1) is 20.7. The van der Waals surface area contributed by atoms with Gasteiger partial charge >= 0.3 is 0 Å². The number of carbonyl (C=O) groups is 1. The fraction of sp³-hybridized carbons (Fsp3) is 0.316. The number of amides is 1. The molecule has 0 aromatic heterocycles. The Hall–Kier alpha value is -2.58. The molecule has 2 aromatic carbocycles. The topological polar surface area (TPSA) is 93.7 Å². The molecule has 2 rings (SSSR count). The Labute approximate surface area is 159 Å². The second-order valence-electron chi connectivity index (χ2n) is 5.96. The average molecular weight is 392 g/mol. The summed E-state index contributed by atoms with van der Waals surface area (Å²) >= 11 is 0. The number of sulfonamides is 1. The van der Waals surface area contributed by atoms with Crippen LogP contribution in [0.5, 0.6) is 11.5 Å². The van der Waals surface area contributed by atoms with Crippen molar-refractivity contribution in [1.29, 1.82) is 0 Å². The maximum absolute atomic E-state index is 12.3. The number of hydrazine groups is 1. The normalized spacial score (nSPS) is 12.3. The molecule has 0 spiro atoms. The zero-order chi connectivity index (χ0) is 20.0. The SMILES string of the molecule is CCOc1ccc(S(=O)(=O)NNC(=O)[C@@H](C)Oc2cccc(C)c2C)cc1. The third kappa shape index (κ3) is 5.45. The molecule has 0 bridgehead atoms. The summed E-state index contributed by atoms with van der Waals surface area (Å²) in [6.07, 6.45) is -0.881. The van der Waals surface area contributed by atoms with Crippen LogP contribution in [-0.2, 0) is 14.8 Å². The van der Waals surface area contributed by atoms with E-state index in [1.807, 2.05) is 32.9 Å². The molecule has 146 valence electrons. The van der Waals surface area contributed by atoms with E-state index in [1.165, 1.54) is 12.1 Å². The Balaban J connectivity index is 1.97. The summed E-state index contributed by atoms with van der Waals surface area (Å²) in [5, 5.41) is 0. The van der Waals surface area contributed by atoms with E-state index in [1.54, 1.807) is 25.1 Å². The van der Waals surface area contributed by atoms with Crippen LogP contribution in [-0.4, -0.2) is 27.0 Å². The van der Waals surface area contributed by atoms with E-state index in [0.717, 1.165) is 11.1 Å². The van der Waals surface area contributed by atoms with Gasteiger partial charge < -0.3 is 9.47 Å². The Morgan fingerprint density at radius 2 is 1.78 bits per heavy atom. The molecule has 0 heterocycles. The van der Waals surface area contributed by atoms with E-state index in [0.29, 0.717) is 18.1 Å². The van der Waals surface area contributed by atoms with Crippen molar-refractivity contribution < 1.29 is 22.7 Å². The van der Waals surface area contributed by atoms with Crippen LogP contribution in [0.1, 0.15) is 25.0 Å². The lowest BCUT2D eigenvalue weighted by molar-refractivity contribution is -0.127. The molecule has 1 amide bonds. The average Bonchev–Trinajstić information content (AvgIpc) is 2.64. The van der Waals surface area contributed by atoms with Crippen LogP contribution in [0.15, 0.2) is 47.4 Å². The summed E-state index contributed by atoms with van der Waals surface area (Å²) in [4.78, 5) is 14.3. The minimum absolute atomic E-state index is 0.00866. The molecule has 0 fully saturated rings. The van der Waals surface area contributed by atoms with Gasteiger partial charge in [-0.2, -0.15) is 0 Å². The molecule has 8 heteroatoms. The van der Waals surface area contributed by atoms with E-state index in [-0.39, 0.29) is 4.90 Å². The lowest BCUT2D eigenvalue weighted by atomic mass is 10.1. The van der Waals surface area contributed by atoms with E-state index in [9.17, 15) is 13.2 Å². The molecule has 2 aromatic rings. The standard InChI is InChI=1S/C19H24N2O5S/c1-5-25-16-9-11-17(12-10-16)27(23,24)21-20-19(22)15(4)26-18-8-6-7-13(2)14(18)3/h6-12,15,21H,5H2,1-4H3,(H,20,22)/t15-/m1/s1. The first-order valence-electron chi connectivity index (χ1n) is 8.52. The van der Waals surface area contributed by atoms with E-state index < -0.39 is 22.0 Å². The molecule has 0 saturated carbocycles. The van der Waals surface area contributed by atoms with Gasteiger partial charge in [0.05, 0.1) is 11.5 Å². The summed E-state index contributed by atoms with van der Waals surface area (Å²) in [5.74, 6) is 0.536. The number of aryl methyl sites for hydroxylation is 1. The van der Waals surface area contributed by atoms with E-state index in [2.05, 4.69) is 10.3 Å². The van der Waals surface area contributed by atoms with Crippen molar-refractivity contribution in [2.24, 2.45) is 0 Å². The largest absolute Gasteiger partial charge is 0.494 e. The predicted octanol–water partition coefficient (Wildman–Crippen LogP) is 2.48. The van der Waals surface area contributed by atoms with Gasteiger partial charge in [0.2, 0.25) is 0 Å². The van der Waals surface area contributed by atoms with Crippen molar-refractivity contribution >= 4 is 15.9 Å². The highest BCUT2D eigenvalue weighted by molar-refractivity contribution is 7.89. The molecule has 0 aliphatic carbocycles. The van der Waals surface area contributed by atoms with Gasteiger partial charge in [-0.05, 0) is 69.2 Å². The number of benzene rings is 2. The predicted molar refractivity (Wildman–Crippen MR) is 102 cm³/mol. The fourth-order valence-electron chi connectivity index (χ4n) is 2.26. The zero-order valence-corrected chi connectivity index (χ0v) is 16.6. The first-order valence-corrected chi connectivity index (χ1v) is 10.0. The van der Waals surface area contributed by atoms with Crippen LogP contribution >= 0.6 is 0 Å². The third-order valence-electron chi connectivity index (χ3n) is 3.98. The van der Waals surface area contributed by atoms with Crippen molar-refractivity contribution in [1.82, 2.24) is 10.3 Å². The maximum atomic E-state index is 12.3. The highest BCUT2D eigenvalue weighted by Gasteiger charge is 2.20. The summed E-state index contributed by atoms with van der Waals surface area (Å²) in [6.45, 7) is 7.70. The minimum atomic E-state index is -3.90. The van der Waals surface area contributed by atoms with Gasteiger partial charge in [0.1, 0.15) is 11.5 Å². The molecule has 27 heavy (non-hydrogen) atoms. The minimum Gasteiger partial charge on any atom is -0.494 e. The number of hydrogen-bond acceptors (Lipinski definition) is 5. The molecule has 7 nitrogen and oxygen atoms in total. The Morgan fingerprint density at radius 3 is 2.41 bits per heavy atom. The van der Waals surface area contributed by atoms with Crippen LogP contribution in [0.4, 0.5) is 0 Å². The van der Waals surface area contributed by atoms with Gasteiger partial charge in [-0.25, -0.2) is 8.42 Å². The molecular weight excluding hydrogens is 368 g/mol. The van der Waals surface area contributed by atoms with Crippen LogP contribution in [0.25, 0.3) is 0 Å². The number of nitrogens with one attached hydrogen (secondary N) is 2. The Morgan fingerprint density at radius 1 is 1.11 bits per heavy atom. The molecule has 1 atom stereocenters. The van der Waals surface area contributed by atoms with Crippen LogP contribution in [0.2, 0.25) is 0 Å². The second-order valence-corrected chi connectivity index (χ2v) is 7.64. The van der Waals surface area contributed by atoms with Gasteiger partial charge in [-0.1, -0.05) is 12.1 Å². The van der Waals surface area contributed by atoms with Crippen molar-refractivity contribution in [3.63, 3.8) is 0 Å². The maximum Gasteiger partial charge on any atom is 0.275 e. The van der Waals surface area contributed by atoms with E-state index in [4.69, 9.17) is 9.47 Å². The second kappa shape index (κ2) is 8.88. The van der Waals surface area contributed by atoms with Crippen LogP contribution in [0.3, 0.4) is 0 Å². The smallest absolute Gasteiger partial charge is 0.275 e. The number of carbonyl (C=O) groups excluding carboxylic acids is 1. The van der Waals surface area contributed by atoms with Gasteiger partial charge in [-0.3, -0.25) is 10.2 Å². The van der Waals surface area contributed by atoms with Crippen LogP contribution in [0, 0.1) is 13.8 Å². The van der Waals surface area contributed by atoms with Crippen molar-refractivity contribution in [2.75, 3.05) is 6.61 Å². The van der Waals surface area contributed by atoms with Gasteiger partial charge in [0.25, 0.3) is 15.9 Å². The van der Waals surface area contributed by atoms with Crippen molar-refractivity contribution in [2.45, 2.75) is 38.7 Å². The quantitative estimate of drug-likeness (QED) is 0.673. The summed E-state index contributed by atoms with van der Waals surface area (Å²) < 4.78 is 35.5. The van der Waals surface area contributed by atoms with Gasteiger partial charge in [0.15, 0.2) is 6.10 Å². The molecule has 0 unspecified atom stereocenters. The zero-order valence-electron chi connectivity index (χ0n) is 15.8. The van der Waals surface area contributed by atoms with Gasteiger partial charge in [-0.15, -0.1) is 4.83 Å². The van der Waals surface area contributed by atoms with Crippen molar-refractivity contribution in [3.8, 4) is 11.5 Å². The first-order chi connectivity index (χ1) is 12.7. The van der Waals surface area contributed by atoms with Gasteiger partial charge in [0, 0.05) is 0 Å². The molecule has 0 aliphatic rings. The summed E-state index contributed by atoms with van der Waals surface area (Å²) in [6, 6.07) is 11.4. The molecule has 0 aliphatic heterocycles. The molecular formula is C19H24N2O5S. The summed E-state index contributed by atoms with van der Waals surface area (Å²) in [7, 11) is -3.90. The van der Waals surface area contributed by atoms with E-state index >= 15 is 0 Å². The number of hydrogen-bond donors (Lipinski definition) is 2. The Bertz CT molecular complexity index is 895. The highest BCUT2D eigenvalue weighted by atomic mass is 32.2. The fourth-order valence-corrected chi connectivity index (χ4v) is 3.10. The molecule has 0 saturated heterocycles. The lowest BCUT2D eigenvalue weighted by Crippen LogP contribution is -2.47. The monoisotopic (exact) mass is 392 g/mol. The summed E-state index contributed by atoms with van der Waals surface area (Å²) in [5.41, 5.74) is 4.14. The van der Waals surface area contributed by atoms with Crippen LogP contribution < -0.4 is 19.7 Å². The van der Waals surface area contributed by atoms with Crippen molar-refractivity contribution in [3.05, 3.63) is 53.6 Å². The third-order valence-corrected chi connectivity index (χ3v) is 5.25. The molecule has 2 N–H and O–H groups in total. The molecule has 0 radical (unpaired) electrons. The number of rotatable bonds is 8. The number of ether oxygens (including phenoxy) is 2.